The van der Waals surface area contributed by atoms with Crippen LogP contribution in [-0.4, -0.2) is 13.1 Å². The van der Waals surface area contributed by atoms with Gasteiger partial charge in [0.25, 0.3) is 0 Å². The van der Waals surface area contributed by atoms with Gasteiger partial charge in [0, 0.05) is 5.56 Å². The number of halogens is 2. The van der Waals surface area contributed by atoms with Crippen molar-refractivity contribution >= 4 is 27.5 Å². The van der Waals surface area contributed by atoms with Crippen molar-refractivity contribution in [3.63, 3.8) is 0 Å². The zero-order valence-electron chi connectivity index (χ0n) is 12.2. The highest BCUT2D eigenvalue weighted by atomic mass is 19.1. The van der Waals surface area contributed by atoms with Gasteiger partial charge in [-0.3, -0.25) is 0 Å². The molecule has 0 N–H and O–H groups in total. The molecule has 0 aromatic heterocycles. The van der Waals surface area contributed by atoms with Gasteiger partial charge in [-0.25, -0.2) is 13.6 Å². The van der Waals surface area contributed by atoms with Crippen LogP contribution in [0.4, 0.5) is 8.78 Å². The smallest absolute Gasteiger partial charge is 0.348 e. The van der Waals surface area contributed by atoms with Crippen molar-refractivity contribution in [3.8, 4) is 0 Å². The first-order chi connectivity index (χ1) is 10.4. The molecular weight excluding hydrogens is 286 g/mol. The van der Waals surface area contributed by atoms with Crippen LogP contribution in [0.1, 0.15) is 12.5 Å². The average molecular weight is 300 g/mol. The molecule has 1 atom stereocenters. The molecule has 0 aliphatic rings. The van der Waals surface area contributed by atoms with Crippen LogP contribution in [0.15, 0.2) is 48.5 Å². The van der Waals surface area contributed by atoms with E-state index < -0.39 is 11.6 Å². The maximum Gasteiger partial charge on any atom is 0.348 e. The van der Waals surface area contributed by atoms with Crippen molar-refractivity contribution < 1.29 is 18.3 Å². The molecule has 22 heavy (non-hydrogen) atoms. The molecule has 0 amide bonds. The molecule has 2 nitrogen and oxygen atoms in total. The Morgan fingerprint density at radius 2 is 1.77 bits per heavy atom. The van der Waals surface area contributed by atoms with Crippen molar-refractivity contribution in [1.29, 1.82) is 0 Å². The SMILES string of the molecule is COC(=O)[C@](C)(F)c1cccc2c1ccc1ccc(F)cc12. The van der Waals surface area contributed by atoms with Crippen LogP contribution in [0.3, 0.4) is 0 Å². The average Bonchev–Trinajstić information content (AvgIpc) is 2.53. The summed E-state index contributed by atoms with van der Waals surface area (Å²) in [4.78, 5) is 11.7. The summed E-state index contributed by atoms with van der Waals surface area (Å²) in [5.41, 5.74) is -2.06. The van der Waals surface area contributed by atoms with Crippen LogP contribution >= 0.6 is 0 Å². The van der Waals surface area contributed by atoms with Gasteiger partial charge in [0.05, 0.1) is 7.11 Å². The lowest BCUT2D eigenvalue weighted by atomic mass is 9.90. The molecule has 0 heterocycles. The molecule has 0 saturated heterocycles. The highest BCUT2D eigenvalue weighted by Crippen LogP contribution is 2.36. The van der Waals surface area contributed by atoms with Crippen LogP contribution in [-0.2, 0) is 15.2 Å². The normalized spacial score (nSPS) is 14.0. The fourth-order valence-corrected chi connectivity index (χ4v) is 2.77. The maximum atomic E-state index is 14.9. The Bertz CT molecular complexity index is 885. The molecule has 3 aromatic rings. The minimum Gasteiger partial charge on any atom is -0.466 e. The molecule has 0 bridgehead atoms. The zero-order chi connectivity index (χ0) is 15.9. The fourth-order valence-electron chi connectivity index (χ4n) is 2.77. The first kappa shape index (κ1) is 14.4. The summed E-state index contributed by atoms with van der Waals surface area (Å²) >= 11 is 0. The molecule has 0 unspecified atom stereocenters. The van der Waals surface area contributed by atoms with Crippen LogP contribution in [0.2, 0.25) is 0 Å². The van der Waals surface area contributed by atoms with E-state index >= 15 is 0 Å². The summed E-state index contributed by atoms with van der Waals surface area (Å²) in [6.45, 7) is 1.17. The van der Waals surface area contributed by atoms with E-state index in [-0.39, 0.29) is 11.4 Å². The van der Waals surface area contributed by atoms with Crippen molar-refractivity contribution in [3.05, 3.63) is 59.9 Å². The zero-order valence-corrected chi connectivity index (χ0v) is 12.2. The van der Waals surface area contributed by atoms with Crippen LogP contribution in [0, 0.1) is 5.82 Å². The van der Waals surface area contributed by atoms with Gasteiger partial charge in [-0.05, 0) is 40.6 Å². The lowest BCUT2D eigenvalue weighted by Gasteiger charge is -2.20. The van der Waals surface area contributed by atoms with E-state index in [1.54, 1.807) is 36.4 Å². The summed E-state index contributed by atoms with van der Waals surface area (Å²) in [6, 6.07) is 13.0. The number of hydrogen-bond acceptors (Lipinski definition) is 2. The molecule has 0 aliphatic carbocycles. The van der Waals surface area contributed by atoms with Gasteiger partial charge < -0.3 is 4.74 Å². The van der Waals surface area contributed by atoms with Gasteiger partial charge in [0.2, 0.25) is 5.67 Å². The van der Waals surface area contributed by atoms with Crippen LogP contribution < -0.4 is 0 Å². The van der Waals surface area contributed by atoms with Crippen LogP contribution in [0.25, 0.3) is 21.5 Å². The Hall–Kier alpha value is -2.49. The number of benzene rings is 3. The number of alkyl halides is 1. The molecule has 0 aliphatic heterocycles. The standard InChI is InChI=1S/C18H14F2O2/c1-18(20,17(21)22-2)16-5-3-4-13-14(16)9-7-11-6-8-12(19)10-15(11)13/h3-10H,1-2H3/t18-/m1/s1. The predicted molar refractivity (Wildman–Crippen MR) is 81.9 cm³/mol. The molecular formula is C18H14F2O2. The van der Waals surface area contributed by atoms with E-state index in [0.29, 0.717) is 16.2 Å². The number of carbonyl (C=O) groups is 1. The molecule has 3 rings (SSSR count). The first-order valence-electron chi connectivity index (χ1n) is 6.84. The summed E-state index contributed by atoms with van der Waals surface area (Å²) in [5, 5.41) is 2.79. The number of hydrogen-bond donors (Lipinski definition) is 0. The number of ether oxygens (including phenoxy) is 1. The highest BCUT2D eigenvalue weighted by Gasteiger charge is 2.37. The Morgan fingerprint density at radius 3 is 2.50 bits per heavy atom. The van der Waals surface area contributed by atoms with Gasteiger partial charge in [0.1, 0.15) is 5.82 Å². The van der Waals surface area contributed by atoms with E-state index in [4.69, 9.17) is 0 Å². The monoisotopic (exact) mass is 300 g/mol. The molecule has 0 fully saturated rings. The second-order valence-corrected chi connectivity index (χ2v) is 5.33. The molecule has 0 spiro atoms. The van der Waals surface area contributed by atoms with E-state index in [1.807, 2.05) is 0 Å². The molecule has 0 radical (unpaired) electrons. The van der Waals surface area contributed by atoms with Crippen molar-refractivity contribution in [2.45, 2.75) is 12.6 Å². The van der Waals surface area contributed by atoms with Gasteiger partial charge in [-0.2, -0.15) is 0 Å². The third-order valence-electron chi connectivity index (χ3n) is 3.92. The van der Waals surface area contributed by atoms with Crippen molar-refractivity contribution in [2.75, 3.05) is 7.11 Å². The summed E-state index contributed by atoms with van der Waals surface area (Å²) in [6.07, 6.45) is 0. The minimum atomic E-state index is -2.27. The molecule has 4 heteroatoms. The second kappa shape index (κ2) is 5.05. The predicted octanol–water partition coefficient (Wildman–Crippen LogP) is 4.49. The largest absolute Gasteiger partial charge is 0.466 e. The number of fused-ring (bicyclic) bond motifs is 3. The van der Waals surface area contributed by atoms with E-state index in [1.165, 1.54) is 19.1 Å². The van der Waals surface area contributed by atoms with E-state index in [0.717, 1.165) is 12.5 Å². The van der Waals surface area contributed by atoms with Crippen molar-refractivity contribution in [1.82, 2.24) is 0 Å². The van der Waals surface area contributed by atoms with E-state index in [2.05, 4.69) is 4.74 Å². The maximum absolute atomic E-state index is 14.9. The molecule has 3 aromatic carbocycles. The molecule has 0 saturated carbocycles. The summed E-state index contributed by atoms with van der Waals surface area (Å²) in [5.74, 6) is -1.32. The first-order valence-corrected chi connectivity index (χ1v) is 6.84. The number of rotatable bonds is 2. The Morgan fingerprint density at radius 1 is 1.05 bits per heavy atom. The van der Waals surface area contributed by atoms with Gasteiger partial charge in [-0.1, -0.05) is 36.4 Å². The van der Waals surface area contributed by atoms with Crippen molar-refractivity contribution in [2.24, 2.45) is 0 Å². The quantitative estimate of drug-likeness (QED) is 0.515. The Labute approximate surface area is 126 Å². The Balaban J connectivity index is 2.37. The summed E-state index contributed by atoms with van der Waals surface area (Å²) < 4.78 is 33.0. The highest BCUT2D eigenvalue weighted by molar-refractivity contribution is 6.09. The number of esters is 1. The third kappa shape index (κ3) is 2.11. The van der Waals surface area contributed by atoms with Gasteiger partial charge in [-0.15, -0.1) is 0 Å². The number of methoxy groups -OCH3 is 1. The summed E-state index contributed by atoms with van der Waals surface area (Å²) in [7, 11) is 1.15. The van der Waals surface area contributed by atoms with Gasteiger partial charge in [0.15, 0.2) is 0 Å². The van der Waals surface area contributed by atoms with Gasteiger partial charge >= 0.3 is 5.97 Å². The second-order valence-electron chi connectivity index (χ2n) is 5.33. The lowest BCUT2D eigenvalue weighted by molar-refractivity contribution is -0.154. The number of carbonyl (C=O) groups excluding carboxylic acids is 1. The minimum absolute atomic E-state index is 0.211. The third-order valence-corrected chi connectivity index (χ3v) is 3.92. The van der Waals surface area contributed by atoms with E-state index in [9.17, 15) is 13.6 Å². The Kier molecular flexibility index (Phi) is 3.32. The fraction of sp³-hybridized carbons (Fsp3) is 0.167. The molecule has 112 valence electrons. The van der Waals surface area contributed by atoms with Crippen LogP contribution in [0.5, 0.6) is 0 Å². The lowest BCUT2D eigenvalue weighted by Crippen LogP contribution is -2.28. The topological polar surface area (TPSA) is 26.3 Å².